The first-order valence-corrected chi connectivity index (χ1v) is 3.86. The van der Waals surface area contributed by atoms with Crippen molar-refractivity contribution in [3.8, 4) is 0 Å². The van der Waals surface area contributed by atoms with Crippen molar-refractivity contribution >= 4 is 17.4 Å². The highest BCUT2D eigenvalue weighted by atomic mass is 35.5. The lowest BCUT2D eigenvalue weighted by Crippen LogP contribution is -2.18. The van der Waals surface area contributed by atoms with E-state index in [4.69, 9.17) is 17.3 Å². The van der Waals surface area contributed by atoms with Gasteiger partial charge in [-0.05, 0) is 24.6 Å². The van der Waals surface area contributed by atoms with Gasteiger partial charge >= 0.3 is 0 Å². The maximum absolute atomic E-state index is 10.9. The zero-order valence-electron chi connectivity index (χ0n) is 6.62. The molecule has 1 unspecified atom stereocenters. The van der Waals surface area contributed by atoms with Crippen LogP contribution in [0.25, 0.3) is 0 Å². The average molecular weight is 185 g/mol. The standard InChI is InChI=1S/C8H9ClN2O/c1-5(12)8(10)6-2-3-11-7(9)4-6/h2-4,8H,10H2,1H3. The molecule has 0 aliphatic carbocycles. The van der Waals surface area contributed by atoms with E-state index in [-0.39, 0.29) is 5.78 Å². The van der Waals surface area contributed by atoms with Crippen LogP contribution in [0.15, 0.2) is 18.3 Å². The Hall–Kier alpha value is -0.930. The zero-order valence-corrected chi connectivity index (χ0v) is 7.38. The van der Waals surface area contributed by atoms with E-state index in [0.717, 1.165) is 0 Å². The van der Waals surface area contributed by atoms with Crippen molar-refractivity contribution in [1.29, 1.82) is 0 Å². The minimum absolute atomic E-state index is 0.0859. The third-order valence-electron chi connectivity index (χ3n) is 1.55. The number of ketones is 1. The second kappa shape index (κ2) is 3.65. The number of hydrogen-bond donors (Lipinski definition) is 1. The van der Waals surface area contributed by atoms with E-state index in [1.165, 1.54) is 13.1 Å². The van der Waals surface area contributed by atoms with Crippen LogP contribution >= 0.6 is 11.6 Å². The highest BCUT2D eigenvalue weighted by Crippen LogP contribution is 2.13. The zero-order chi connectivity index (χ0) is 9.14. The van der Waals surface area contributed by atoms with Crippen molar-refractivity contribution in [2.75, 3.05) is 0 Å². The van der Waals surface area contributed by atoms with E-state index < -0.39 is 6.04 Å². The van der Waals surface area contributed by atoms with E-state index in [1.54, 1.807) is 12.1 Å². The minimum atomic E-state index is -0.592. The Morgan fingerprint density at radius 2 is 2.42 bits per heavy atom. The fraction of sp³-hybridized carbons (Fsp3) is 0.250. The molecule has 12 heavy (non-hydrogen) atoms. The van der Waals surface area contributed by atoms with E-state index in [9.17, 15) is 4.79 Å². The second-order valence-corrected chi connectivity index (χ2v) is 2.89. The van der Waals surface area contributed by atoms with Crippen LogP contribution in [0, 0.1) is 0 Å². The maximum Gasteiger partial charge on any atom is 0.150 e. The molecule has 1 aromatic rings. The van der Waals surface area contributed by atoms with Gasteiger partial charge in [-0.15, -0.1) is 0 Å². The number of rotatable bonds is 2. The van der Waals surface area contributed by atoms with Crippen LogP contribution < -0.4 is 5.73 Å². The molecular weight excluding hydrogens is 176 g/mol. The van der Waals surface area contributed by atoms with Gasteiger partial charge in [-0.25, -0.2) is 4.98 Å². The molecule has 0 saturated heterocycles. The Bertz CT molecular complexity index is 301. The quantitative estimate of drug-likeness (QED) is 0.706. The van der Waals surface area contributed by atoms with Gasteiger partial charge in [0.2, 0.25) is 0 Å². The normalized spacial score (nSPS) is 12.6. The molecule has 0 saturated carbocycles. The number of Topliss-reactive ketones (excluding diaryl/α,β-unsaturated/α-hetero) is 1. The number of halogens is 1. The molecule has 1 rings (SSSR count). The fourth-order valence-electron chi connectivity index (χ4n) is 0.846. The Labute approximate surface area is 75.6 Å². The van der Waals surface area contributed by atoms with Crippen molar-refractivity contribution in [3.63, 3.8) is 0 Å². The number of nitrogens with two attached hydrogens (primary N) is 1. The second-order valence-electron chi connectivity index (χ2n) is 2.50. The first-order chi connectivity index (χ1) is 5.61. The molecule has 4 heteroatoms. The summed E-state index contributed by atoms with van der Waals surface area (Å²) in [6, 6.07) is 2.68. The first-order valence-electron chi connectivity index (χ1n) is 3.48. The molecule has 1 heterocycles. The third-order valence-corrected chi connectivity index (χ3v) is 1.75. The van der Waals surface area contributed by atoms with E-state index >= 15 is 0 Å². The number of carbonyl (C=O) groups is 1. The van der Waals surface area contributed by atoms with Crippen LogP contribution in [0.4, 0.5) is 0 Å². The Morgan fingerprint density at radius 1 is 1.75 bits per heavy atom. The van der Waals surface area contributed by atoms with Crippen LogP contribution in [-0.4, -0.2) is 10.8 Å². The molecule has 1 aromatic heterocycles. The Kier molecular flexibility index (Phi) is 2.78. The van der Waals surface area contributed by atoms with Crippen LogP contribution in [-0.2, 0) is 4.79 Å². The molecule has 0 amide bonds. The highest BCUT2D eigenvalue weighted by molar-refractivity contribution is 6.29. The van der Waals surface area contributed by atoms with Gasteiger partial charge in [-0.2, -0.15) is 0 Å². The van der Waals surface area contributed by atoms with Crippen LogP contribution in [0.2, 0.25) is 5.15 Å². The van der Waals surface area contributed by atoms with E-state index in [2.05, 4.69) is 4.98 Å². The fourth-order valence-corrected chi connectivity index (χ4v) is 1.03. The van der Waals surface area contributed by atoms with Gasteiger partial charge in [-0.3, -0.25) is 4.79 Å². The lowest BCUT2D eigenvalue weighted by molar-refractivity contribution is -0.118. The van der Waals surface area contributed by atoms with Gasteiger partial charge in [0, 0.05) is 6.20 Å². The molecular formula is C8H9ClN2O. The highest BCUT2D eigenvalue weighted by Gasteiger charge is 2.10. The summed E-state index contributed by atoms with van der Waals surface area (Å²) in [5.41, 5.74) is 6.27. The summed E-state index contributed by atoms with van der Waals surface area (Å²) in [5.74, 6) is -0.0859. The first kappa shape index (κ1) is 9.16. The Morgan fingerprint density at radius 3 is 2.92 bits per heavy atom. The number of nitrogens with zero attached hydrogens (tertiary/aromatic N) is 1. The molecule has 64 valence electrons. The summed E-state index contributed by atoms with van der Waals surface area (Å²) in [6.07, 6.45) is 1.53. The number of pyridine rings is 1. The topological polar surface area (TPSA) is 56.0 Å². The smallest absolute Gasteiger partial charge is 0.150 e. The number of aromatic nitrogens is 1. The summed E-state index contributed by atoms with van der Waals surface area (Å²) < 4.78 is 0. The number of hydrogen-bond acceptors (Lipinski definition) is 3. The Balaban J connectivity index is 2.95. The SMILES string of the molecule is CC(=O)C(N)c1ccnc(Cl)c1. The van der Waals surface area contributed by atoms with Gasteiger partial charge in [-0.1, -0.05) is 11.6 Å². The predicted octanol–water partition coefficient (Wildman–Crippen LogP) is 1.32. The summed E-state index contributed by atoms with van der Waals surface area (Å²) in [7, 11) is 0. The average Bonchev–Trinajstić information content (AvgIpc) is 2.03. The van der Waals surface area contributed by atoms with E-state index in [0.29, 0.717) is 10.7 Å². The molecule has 3 nitrogen and oxygen atoms in total. The summed E-state index contributed by atoms with van der Waals surface area (Å²) in [6.45, 7) is 1.44. The molecule has 2 N–H and O–H groups in total. The van der Waals surface area contributed by atoms with Crippen LogP contribution in [0.5, 0.6) is 0 Å². The lowest BCUT2D eigenvalue weighted by atomic mass is 10.1. The largest absolute Gasteiger partial charge is 0.318 e. The molecule has 0 fully saturated rings. The summed E-state index contributed by atoms with van der Waals surface area (Å²) >= 11 is 5.62. The summed E-state index contributed by atoms with van der Waals surface area (Å²) in [5, 5.41) is 0.351. The van der Waals surface area contributed by atoms with Gasteiger partial charge < -0.3 is 5.73 Å². The van der Waals surface area contributed by atoms with Crippen molar-refractivity contribution in [1.82, 2.24) is 4.98 Å². The lowest BCUT2D eigenvalue weighted by Gasteiger charge is -2.06. The molecule has 0 aliphatic rings. The van der Waals surface area contributed by atoms with Crippen molar-refractivity contribution in [2.45, 2.75) is 13.0 Å². The number of carbonyl (C=O) groups excluding carboxylic acids is 1. The monoisotopic (exact) mass is 184 g/mol. The van der Waals surface area contributed by atoms with Crippen molar-refractivity contribution in [3.05, 3.63) is 29.0 Å². The van der Waals surface area contributed by atoms with Crippen molar-refractivity contribution in [2.24, 2.45) is 5.73 Å². The minimum Gasteiger partial charge on any atom is -0.318 e. The van der Waals surface area contributed by atoms with Gasteiger partial charge in [0.1, 0.15) is 5.15 Å². The third kappa shape index (κ3) is 2.03. The molecule has 0 aliphatic heterocycles. The predicted molar refractivity (Wildman–Crippen MR) is 46.9 cm³/mol. The van der Waals surface area contributed by atoms with Gasteiger partial charge in [0.05, 0.1) is 6.04 Å². The van der Waals surface area contributed by atoms with Crippen LogP contribution in [0.1, 0.15) is 18.5 Å². The van der Waals surface area contributed by atoms with E-state index in [1.807, 2.05) is 0 Å². The van der Waals surface area contributed by atoms with Gasteiger partial charge in [0.25, 0.3) is 0 Å². The van der Waals surface area contributed by atoms with Crippen molar-refractivity contribution < 1.29 is 4.79 Å². The molecule has 0 spiro atoms. The molecule has 1 atom stereocenters. The molecule has 0 bridgehead atoms. The molecule has 0 aromatic carbocycles. The van der Waals surface area contributed by atoms with Crippen LogP contribution in [0.3, 0.4) is 0 Å². The molecule has 0 radical (unpaired) electrons. The summed E-state index contributed by atoms with van der Waals surface area (Å²) in [4.78, 5) is 14.6. The maximum atomic E-state index is 10.9. The van der Waals surface area contributed by atoms with Gasteiger partial charge in [0.15, 0.2) is 5.78 Å².